The quantitative estimate of drug-likeness (QED) is 0.593. The van der Waals surface area contributed by atoms with Crippen LogP contribution in [0.4, 0.5) is 0 Å². The minimum Gasteiger partial charge on any atom is -0.463 e. The number of fused-ring (bicyclic) bond motifs is 1. The molecule has 9 heteroatoms. The highest BCUT2D eigenvalue weighted by Gasteiger charge is 2.37. The SMILES string of the molecule is CCOC(=O)C1=c2s/c(=C\c3ccc(C)s3)c(=O)n2C(N)=C(C#N)C1c1ccc(C)s1. The van der Waals surface area contributed by atoms with Crippen LogP contribution in [0.25, 0.3) is 17.5 Å². The predicted molar refractivity (Wildman–Crippen MR) is 125 cm³/mol. The number of rotatable bonds is 4. The number of carbonyl (C=O) groups excluding carboxylic acids is 1. The zero-order valence-electron chi connectivity index (χ0n) is 17.1. The molecule has 3 aromatic rings. The lowest BCUT2D eigenvalue weighted by molar-refractivity contribution is -0.136. The van der Waals surface area contributed by atoms with Gasteiger partial charge in [0.25, 0.3) is 5.56 Å². The van der Waals surface area contributed by atoms with E-state index >= 15 is 0 Å². The van der Waals surface area contributed by atoms with Gasteiger partial charge in [-0.05, 0) is 51.1 Å². The van der Waals surface area contributed by atoms with Crippen molar-refractivity contribution in [1.82, 2.24) is 4.57 Å². The Morgan fingerprint density at radius 3 is 2.52 bits per heavy atom. The number of ether oxygens (including phenoxy) is 1. The molecular weight excluding hydrogens is 450 g/mol. The van der Waals surface area contributed by atoms with E-state index in [1.807, 2.05) is 38.1 Å². The number of nitrogens with zero attached hydrogens (tertiary/aromatic N) is 2. The normalized spacial score (nSPS) is 16.4. The summed E-state index contributed by atoms with van der Waals surface area (Å²) in [5.41, 5.74) is 6.44. The number of thiazole rings is 1. The van der Waals surface area contributed by atoms with Gasteiger partial charge in [0.15, 0.2) is 0 Å². The third-order valence-corrected chi connectivity index (χ3v) is 7.97. The highest BCUT2D eigenvalue weighted by molar-refractivity contribution is 7.13. The van der Waals surface area contributed by atoms with Crippen molar-refractivity contribution in [3.8, 4) is 6.07 Å². The molecule has 1 aliphatic rings. The highest BCUT2D eigenvalue weighted by Crippen LogP contribution is 2.39. The fraction of sp³-hybridized carbons (Fsp3) is 0.227. The number of hydrogen-bond acceptors (Lipinski definition) is 8. The second-order valence-electron chi connectivity index (χ2n) is 6.93. The summed E-state index contributed by atoms with van der Waals surface area (Å²) in [6, 6.07) is 9.88. The molecule has 158 valence electrons. The Bertz CT molecular complexity index is 1440. The molecule has 0 amide bonds. The van der Waals surface area contributed by atoms with Gasteiger partial charge in [0.1, 0.15) is 10.5 Å². The highest BCUT2D eigenvalue weighted by atomic mass is 32.1. The zero-order chi connectivity index (χ0) is 22.3. The van der Waals surface area contributed by atoms with Gasteiger partial charge in [-0.15, -0.1) is 34.0 Å². The zero-order valence-corrected chi connectivity index (χ0v) is 19.5. The summed E-state index contributed by atoms with van der Waals surface area (Å²) in [5.74, 6) is -1.16. The molecule has 0 radical (unpaired) electrons. The van der Waals surface area contributed by atoms with E-state index < -0.39 is 11.9 Å². The van der Waals surface area contributed by atoms with Crippen molar-refractivity contribution in [1.29, 1.82) is 5.26 Å². The maximum Gasteiger partial charge on any atom is 0.338 e. The molecule has 0 saturated carbocycles. The Balaban J connectivity index is 2.10. The lowest BCUT2D eigenvalue weighted by atomic mass is 9.88. The van der Waals surface area contributed by atoms with Crippen molar-refractivity contribution in [2.75, 3.05) is 6.61 Å². The molecule has 1 atom stereocenters. The van der Waals surface area contributed by atoms with Crippen LogP contribution in [0, 0.1) is 25.2 Å². The van der Waals surface area contributed by atoms with Gasteiger partial charge in [0.2, 0.25) is 0 Å². The Kier molecular flexibility index (Phi) is 5.71. The first-order valence-corrected chi connectivity index (χ1v) is 12.0. The fourth-order valence-corrected chi connectivity index (χ4v) is 6.56. The molecular formula is C22H19N3O3S3. The molecule has 1 aliphatic heterocycles. The molecule has 0 fully saturated rings. The summed E-state index contributed by atoms with van der Waals surface area (Å²) in [4.78, 5) is 30.2. The van der Waals surface area contributed by atoms with Crippen molar-refractivity contribution in [3.63, 3.8) is 0 Å². The van der Waals surface area contributed by atoms with Crippen LogP contribution in [0.15, 0.2) is 34.6 Å². The molecule has 2 N–H and O–H groups in total. The van der Waals surface area contributed by atoms with E-state index in [4.69, 9.17) is 10.5 Å². The molecule has 0 spiro atoms. The largest absolute Gasteiger partial charge is 0.463 e. The summed E-state index contributed by atoms with van der Waals surface area (Å²) in [7, 11) is 0. The smallest absolute Gasteiger partial charge is 0.338 e. The van der Waals surface area contributed by atoms with Crippen molar-refractivity contribution in [2.45, 2.75) is 26.7 Å². The van der Waals surface area contributed by atoms with E-state index in [0.29, 0.717) is 9.20 Å². The number of thiophene rings is 2. The molecule has 4 rings (SSSR count). The number of esters is 1. The van der Waals surface area contributed by atoms with Gasteiger partial charge in [-0.25, -0.2) is 4.79 Å². The van der Waals surface area contributed by atoms with Crippen LogP contribution in [0.1, 0.15) is 32.4 Å². The average Bonchev–Trinajstić information content (AvgIpc) is 3.42. The van der Waals surface area contributed by atoms with E-state index in [-0.39, 0.29) is 29.1 Å². The fourth-order valence-electron chi connectivity index (χ4n) is 3.51. The van der Waals surface area contributed by atoms with Crippen LogP contribution >= 0.6 is 34.0 Å². The minimum absolute atomic E-state index is 0.0601. The summed E-state index contributed by atoms with van der Waals surface area (Å²) in [6.45, 7) is 5.86. The molecule has 31 heavy (non-hydrogen) atoms. The van der Waals surface area contributed by atoms with Gasteiger partial charge in [0.05, 0.1) is 34.3 Å². The molecule has 0 bridgehead atoms. The number of allylic oxidation sites excluding steroid dienone is 1. The standard InChI is InChI=1S/C22H19N3O3S3/c1-4-28-22(27)18-17(15-8-6-12(3)30-15)14(10-23)19(24)25-20(26)16(31-21(18)25)9-13-7-5-11(2)29-13/h5-9,17H,4,24H2,1-3H3/b16-9-. The maximum absolute atomic E-state index is 13.2. The summed E-state index contributed by atoms with van der Waals surface area (Å²) >= 11 is 4.25. The van der Waals surface area contributed by atoms with E-state index in [1.165, 1.54) is 27.2 Å². The first-order chi connectivity index (χ1) is 14.8. The van der Waals surface area contributed by atoms with Crippen LogP contribution in [0.3, 0.4) is 0 Å². The minimum atomic E-state index is -0.669. The molecule has 6 nitrogen and oxygen atoms in total. The maximum atomic E-state index is 13.2. The monoisotopic (exact) mass is 469 g/mol. The molecule has 3 aromatic heterocycles. The molecule has 0 aromatic carbocycles. The van der Waals surface area contributed by atoms with Crippen LogP contribution < -0.4 is 20.5 Å². The number of aryl methyl sites for hydroxylation is 2. The number of nitriles is 1. The van der Waals surface area contributed by atoms with E-state index in [1.54, 1.807) is 24.3 Å². The molecule has 0 aliphatic carbocycles. The summed E-state index contributed by atoms with van der Waals surface area (Å²) in [6.07, 6.45) is 1.79. The number of hydrogen-bond donors (Lipinski definition) is 1. The van der Waals surface area contributed by atoms with E-state index in [0.717, 1.165) is 19.5 Å². The van der Waals surface area contributed by atoms with Crippen molar-refractivity contribution in [2.24, 2.45) is 5.73 Å². The second-order valence-corrected chi connectivity index (χ2v) is 10.6. The van der Waals surface area contributed by atoms with Crippen LogP contribution in [0.2, 0.25) is 0 Å². The molecule has 1 unspecified atom stereocenters. The van der Waals surface area contributed by atoms with Crippen molar-refractivity contribution >= 4 is 57.4 Å². The molecule has 0 saturated heterocycles. The van der Waals surface area contributed by atoms with E-state index in [9.17, 15) is 14.9 Å². The Morgan fingerprint density at radius 2 is 1.94 bits per heavy atom. The van der Waals surface area contributed by atoms with Crippen LogP contribution in [0.5, 0.6) is 0 Å². The average molecular weight is 470 g/mol. The van der Waals surface area contributed by atoms with Gasteiger partial charge >= 0.3 is 5.97 Å². The predicted octanol–water partition coefficient (Wildman–Crippen LogP) is 2.64. The van der Waals surface area contributed by atoms with E-state index in [2.05, 4.69) is 6.07 Å². The Hall–Kier alpha value is -2.93. The van der Waals surface area contributed by atoms with Gasteiger partial charge in [0, 0.05) is 19.5 Å². The summed E-state index contributed by atoms with van der Waals surface area (Å²) in [5, 5.41) is 9.92. The third-order valence-electron chi connectivity index (χ3n) is 4.84. The first-order valence-electron chi connectivity index (χ1n) is 9.53. The number of nitrogens with two attached hydrogens (primary N) is 1. The van der Waals surface area contributed by atoms with Crippen LogP contribution in [-0.4, -0.2) is 17.1 Å². The van der Waals surface area contributed by atoms with Gasteiger partial charge in [-0.2, -0.15) is 5.26 Å². The topological polar surface area (TPSA) is 98.1 Å². The number of carbonyl (C=O) groups is 1. The van der Waals surface area contributed by atoms with Gasteiger partial charge in [-0.1, -0.05) is 0 Å². The van der Waals surface area contributed by atoms with Gasteiger partial charge < -0.3 is 10.5 Å². The van der Waals surface area contributed by atoms with Crippen LogP contribution in [-0.2, 0) is 9.53 Å². The number of aromatic nitrogens is 1. The lowest BCUT2D eigenvalue weighted by Gasteiger charge is -2.23. The van der Waals surface area contributed by atoms with Gasteiger partial charge in [-0.3, -0.25) is 9.36 Å². The van der Waals surface area contributed by atoms with Crippen molar-refractivity contribution < 1.29 is 9.53 Å². The molecule has 4 heterocycles. The lowest BCUT2D eigenvalue weighted by Crippen LogP contribution is -2.40. The second kappa shape index (κ2) is 8.30. The Labute approximate surface area is 190 Å². The third kappa shape index (κ3) is 3.67. The Morgan fingerprint density at radius 1 is 1.23 bits per heavy atom. The van der Waals surface area contributed by atoms with Crippen molar-refractivity contribution in [3.05, 3.63) is 68.9 Å². The first kappa shape index (κ1) is 21.3. The summed E-state index contributed by atoms with van der Waals surface area (Å²) < 4.78 is 7.47.